The first-order valence-electron chi connectivity index (χ1n) is 14.8. The number of pyridine rings is 2. The molecule has 0 unspecified atom stereocenters. The van der Waals surface area contributed by atoms with Gasteiger partial charge >= 0.3 is 10.2 Å². The second-order valence-electron chi connectivity index (χ2n) is 12.1. The van der Waals surface area contributed by atoms with Gasteiger partial charge in [0.15, 0.2) is 0 Å². The minimum Gasteiger partial charge on any atom is -0.374 e. The largest absolute Gasteiger partial charge is 0.374 e. The number of anilines is 1. The molecule has 1 amide bonds. The average Bonchev–Trinajstić information content (AvgIpc) is 3.58. The Morgan fingerprint density at radius 2 is 1.90 bits per heavy atom. The Balaban J connectivity index is 1.53. The Labute approximate surface area is 251 Å². The number of morpholine rings is 1. The first-order chi connectivity index (χ1) is 20.1. The minimum atomic E-state index is -4.02. The monoisotopic (exact) mass is 615 g/mol. The number of carbonyl (C=O) groups is 1. The van der Waals surface area contributed by atoms with Crippen LogP contribution in [0, 0.1) is 11.8 Å². The van der Waals surface area contributed by atoms with E-state index in [0.29, 0.717) is 34.3 Å². The van der Waals surface area contributed by atoms with Crippen LogP contribution in [0.3, 0.4) is 0 Å². The number of hydrogen-bond donors (Lipinski definition) is 1. The highest BCUT2D eigenvalue weighted by atomic mass is 35.5. The van der Waals surface area contributed by atoms with Crippen molar-refractivity contribution >= 4 is 44.7 Å². The van der Waals surface area contributed by atoms with Crippen LogP contribution in [-0.4, -0.2) is 77.5 Å². The number of ether oxygens (including phenoxy) is 1. The lowest BCUT2D eigenvalue weighted by Crippen LogP contribution is -2.49. The number of carbonyl (C=O) groups excluding carboxylic acids is 1. The highest BCUT2D eigenvalue weighted by molar-refractivity contribution is 7.87. The van der Waals surface area contributed by atoms with Gasteiger partial charge in [0.2, 0.25) is 5.95 Å². The van der Waals surface area contributed by atoms with Gasteiger partial charge in [-0.25, -0.2) is 14.7 Å². The quantitative estimate of drug-likeness (QED) is 0.418. The van der Waals surface area contributed by atoms with Gasteiger partial charge < -0.3 is 14.2 Å². The summed E-state index contributed by atoms with van der Waals surface area (Å²) in [5, 5.41) is 0.432. The Morgan fingerprint density at radius 1 is 1.12 bits per heavy atom. The van der Waals surface area contributed by atoms with E-state index in [2.05, 4.69) is 26.1 Å². The lowest BCUT2D eigenvalue weighted by molar-refractivity contribution is 0.0247. The third-order valence-electron chi connectivity index (χ3n) is 8.93. The van der Waals surface area contributed by atoms with E-state index in [4.69, 9.17) is 26.3 Å². The lowest BCUT2D eigenvalue weighted by atomic mass is 9.83. The van der Waals surface area contributed by atoms with Crippen LogP contribution in [0.15, 0.2) is 24.5 Å². The van der Waals surface area contributed by atoms with Gasteiger partial charge in [0.05, 0.1) is 40.5 Å². The number of halogens is 1. The normalized spacial score (nSPS) is 24.7. The number of nitrogens with zero attached hydrogens (tertiary/aromatic N) is 6. The molecule has 0 bridgehead atoms. The highest BCUT2D eigenvalue weighted by Crippen LogP contribution is 2.39. The van der Waals surface area contributed by atoms with Crippen LogP contribution in [0.25, 0.3) is 22.3 Å². The molecule has 226 valence electrons. The van der Waals surface area contributed by atoms with Gasteiger partial charge in [0.25, 0.3) is 5.91 Å². The standard InChI is InChI=1S/C29H38ClN7O4S/c1-18-7-9-19(10-8-18)17-37-27-22(33-29(37)36-11-12-41-25-6-4-5-24(25)36)14-23(28(38)34-42(39,40)35(2)3)32-26(27)20-13-21(30)16-31-15-20/h13-16,18-19,24-25H,4-12,17H2,1-3H3,(H,34,38)/t18?,19?,24-,25-/m1/s1. The average molecular weight is 616 g/mol. The number of rotatable bonds is 7. The van der Waals surface area contributed by atoms with E-state index >= 15 is 0 Å². The zero-order valence-electron chi connectivity index (χ0n) is 24.3. The number of hydrogen-bond acceptors (Lipinski definition) is 8. The van der Waals surface area contributed by atoms with Crippen molar-refractivity contribution < 1.29 is 17.9 Å². The van der Waals surface area contributed by atoms with E-state index < -0.39 is 16.1 Å². The van der Waals surface area contributed by atoms with Crippen molar-refractivity contribution in [3.8, 4) is 11.3 Å². The lowest BCUT2D eigenvalue weighted by Gasteiger charge is -2.39. The van der Waals surface area contributed by atoms with Crippen LogP contribution in [0.2, 0.25) is 5.02 Å². The highest BCUT2D eigenvalue weighted by Gasteiger charge is 2.39. The summed E-state index contributed by atoms with van der Waals surface area (Å²) in [7, 11) is -1.31. The molecule has 2 saturated carbocycles. The molecule has 1 saturated heterocycles. The Hall–Kier alpha value is -2.80. The molecule has 1 aliphatic heterocycles. The molecule has 3 aliphatic rings. The molecule has 13 heteroatoms. The predicted octanol–water partition coefficient (Wildman–Crippen LogP) is 4.27. The summed E-state index contributed by atoms with van der Waals surface area (Å²) in [5.74, 6) is 1.23. The van der Waals surface area contributed by atoms with E-state index in [0.717, 1.165) is 66.9 Å². The molecule has 3 aromatic heterocycles. The van der Waals surface area contributed by atoms with E-state index in [1.54, 1.807) is 24.5 Å². The first-order valence-corrected chi connectivity index (χ1v) is 16.6. The van der Waals surface area contributed by atoms with E-state index in [1.807, 2.05) is 0 Å². The smallest absolute Gasteiger partial charge is 0.303 e. The van der Waals surface area contributed by atoms with Gasteiger partial charge in [-0.15, -0.1) is 0 Å². The van der Waals surface area contributed by atoms with Crippen molar-refractivity contribution in [3.05, 3.63) is 35.2 Å². The number of aromatic nitrogens is 4. The van der Waals surface area contributed by atoms with Crippen molar-refractivity contribution in [1.29, 1.82) is 0 Å². The van der Waals surface area contributed by atoms with Crippen molar-refractivity contribution in [2.24, 2.45) is 11.8 Å². The van der Waals surface area contributed by atoms with Gasteiger partial charge in [0.1, 0.15) is 5.69 Å². The Bertz CT molecular complexity index is 1590. The van der Waals surface area contributed by atoms with E-state index in [9.17, 15) is 13.2 Å². The van der Waals surface area contributed by atoms with Crippen LogP contribution in [0.5, 0.6) is 0 Å². The molecule has 11 nitrogen and oxygen atoms in total. The van der Waals surface area contributed by atoms with Gasteiger partial charge in [0, 0.05) is 45.1 Å². The topological polar surface area (TPSA) is 123 Å². The molecule has 1 N–H and O–H groups in total. The molecule has 6 rings (SSSR count). The fraction of sp³-hybridized carbons (Fsp3) is 0.586. The number of amides is 1. The maximum absolute atomic E-state index is 13.3. The molecule has 0 aromatic carbocycles. The number of nitrogens with one attached hydrogen (secondary N) is 1. The van der Waals surface area contributed by atoms with Gasteiger partial charge in [-0.3, -0.25) is 9.78 Å². The van der Waals surface area contributed by atoms with Crippen LogP contribution < -0.4 is 9.62 Å². The maximum atomic E-state index is 13.3. The van der Waals surface area contributed by atoms with E-state index in [1.165, 1.54) is 26.9 Å². The fourth-order valence-electron chi connectivity index (χ4n) is 6.60. The molecule has 2 atom stereocenters. The summed E-state index contributed by atoms with van der Waals surface area (Å²) in [6.07, 6.45) is 11.2. The zero-order chi connectivity index (χ0) is 29.6. The minimum absolute atomic E-state index is 0.0497. The van der Waals surface area contributed by atoms with Crippen molar-refractivity contribution in [3.63, 3.8) is 0 Å². The van der Waals surface area contributed by atoms with Crippen LogP contribution >= 0.6 is 11.6 Å². The number of fused-ring (bicyclic) bond motifs is 2. The summed E-state index contributed by atoms with van der Waals surface area (Å²) < 4.78 is 36.4. The van der Waals surface area contributed by atoms with Crippen molar-refractivity contribution in [2.45, 2.75) is 70.6 Å². The molecule has 2 aliphatic carbocycles. The SMILES string of the molecule is CC1CCC(Cn2c(N3CCO[C@@H]4CCC[C@H]43)nc3cc(C(=O)NS(=O)(=O)N(C)C)nc(-c4cncc(Cl)c4)c32)CC1. The molecule has 42 heavy (non-hydrogen) atoms. The third kappa shape index (κ3) is 5.73. The summed E-state index contributed by atoms with van der Waals surface area (Å²) in [5.41, 5.74) is 2.44. The first kappa shape index (κ1) is 29.3. The van der Waals surface area contributed by atoms with Gasteiger partial charge in [-0.1, -0.05) is 31.4 Å². The van der Waals surface area contributed by atoms with Gasteiger partial charge in [-0.05, 0) is 56.1 Å². The molecular formula is C29H38ClN7O4S. The molecule has 0 radical (unpaired) electrons. The Morgan fingerprint density at radius 3 is 2.64 bits per heavy atom. The van der Waals surface area contributed by atoms with Crippen LogP contribution in [0.1, 0.15) is 62.4 Å². The second-order valence-corrected chi connectivity index (χ2v) is 14.4. The summed E-state index contributed by atoms with van der Waals surface area (Å²) in [6, 6.07) is 3.58. The summed E-state index contributed by atoms with van der Waals surface area (Å²) in [4.78, 5) is 29.8. The van der Waals surface area contributed by atoms with Crippen LogP contribution in [-0.2, 0) is 21.5 Å². The molecular weight excluding hydrogens is 578 g/mol. The van der Waals surface area contributed by atoms with Crippen LogP contribution in [0.4, 0.5) is 5.95 Å². The number of imidazole rings is 1. The van der Waals surface area contributed by atoms with Gasteiger partial charge in [-0.2, -0.15) is 12.7 Å². The second kappa shape index (κ2) is 11.7. The summed E-state index contributed by atoms with van der Waals surface area (Å²) >= 11 is 6.37. The van der Waals surface area contributed by atoms with Crippen molar-refractivity contribution in [2.75, 3.05) is 32.1 Å². The summed E-state index contributed by atoms with van der Waals surface area (Å²) in [6.45, 7) is 4.45. The predicted molar refractivity (Wildman–Crippen MR) is 162 cm³/mol. The fourth-order valence-corrected chi connectivity index (χ4v) is 7.30. The Kier molecular flexibility index (Phi) is 8.16. The molecule has 3 fully saturated rings. The molecule has 3 aromatic rings. The van der Waals surface area contributed by atoms with Crippen molar-refractivity contribution in [1.82, 2.24) is 28.5 Å². The molecule has 0 spiro atoms. The zero-order valence-corrected chi connectivity index (χ0v) is 25.9. The molecule has 4 heterocycles. The third-order valence-corrected chi connectivity index (χ3v) is 10.5. The van der Waals surface area contributed by atoms with E-state index in [-0.39, 0.29) is 17.8 Å². The maximum Gasteiger partial charge on any atom is 0.303 e.